The van der Waals surface area contributed by atoms with Gasteiger partial charge in [-0.15, -0.1) is 0 Å². The number of carboxylic acid groups (broad SMARTS) is 1. The molecule has 7 heteroatoms. The second-order valence-electron chi connectivity index (χ2n) is 3.54. The summed E-state index contributed by atoms with van der Waals surface area (Å²) < 4.78 is 18.7. The Morgan fingerprint density at radius 3 is 2.74 bits per heavy atom. The zero-order valence-electron chi connectivity index (χ0n) is 9.92. The molecule has 0 aliphatic carbocycles. The van der Waals surface area contributed by atoms with Crippen molar-refractivity contribution in [1.29, 1.82) is 0 Å². The van der Waals surface area contributed by atoms with Crippen LogP contribution in [0.1, 0.15) is 10.4 Å². The summed E-state index contributed by atoms with van der Waals surface area (Å²) in [5.41, 5.74) is 0.0220. The normalized spacial score (nSPS) is 10.0. The Kier molecular flexibility index (Phi) is 3.56. The number of nitrogens with zero attached hydrogens (tertiary/aromatic N) is 2. The van der Waals surface area contributed by atoms with Crippen LogP contribution < -0.4 is 10.1 Å². The lowest BCUT2D eigenvalue weighted by Gasteiger charge is -2.08. The monoisotopic (exact) mass is 263 g/mol. The number of nitrogens with one attached hydrogen (secondary N) is 1. The Bertz CT molecular complexity index is 602. The van der Waals surface area contributed by atoms with Gasteiger partial charge in [0.05, 0.1) is 19.0 Å². The van der Waals surface area contributed by atoms with E-state index in [4.69, 9.17) is 9.84 Å². The molecule has 0 radical (unpaired) electrons. The van der Waals surface area contributed by atoms with Crippen LogP contribution in [0, 0.1) is 5.82 Å². The summed E-state index contributed by atoms with van der Waals surface area (Å²) in [5.74, 6) is -2.04. The number of halogens is 1. The van der Waals surface area contributed by atoms with Crippen molar-refractivity contribution >= 4 is 17.5 Å². The van der Waals surface area contributed by atoms with Crippen molar-refractivity contribution in [3.05, 3.63) is 42.0 Å². The van der Waals surface area contributed by atoms with Gasteiger partial charge in [0.1, 0.15) is 5.56 Å². The van der Waals surface area contributed by atoms with E-state index in [1.165, 1.54) is 19.5 Å². The van der Waals surface area contributed by atoms with Crippen molar-refractivity contribution in [3.8, 4) is 5.88 Å². The van der Waals surface area contributed by atoms with E-state index in [0.29, 0.717) is 11.6 Å². The van der Waals surface area contributed by atoms with Crippen molar-refractivity contribution in [2.24, 2.45) is 0 Å². The first kappa shape index (κ1) is 12.7. The number of aromatic nitrogens is 2. The minimum absolute atomic E-state index is 0.174. The van der Waals surface area contributed by atoms with Crippen molar-refractivity contribution in [2.75, 3.05) is 12.4 Å². The molecule has 98 valence electrons. The fourth-order valence-electron chi connectivity index (χ4n) is 1.41. The number of methoxy groups -OCH3 is 1. The molecule has 0 saturated heterocycles. The molecule has 2 aromatic heterocycles. The first-order chi connectivity index (χ1) is 9.11. The van der Waals surface area contributed by atoms with E-state index >= 15 is 0 Å². The highest BCUT2D eigenvalue weighted by Gasteiger charge is 2.15. The molecule has 0 atom stereocenters. The van der Waals surface area contributed by atoms with E-state index in [1.807, 2.05) is 0 Å². The number of hydrogen-bond acceptors (Lipinski definition) is 5. The maximum Gasteiger partial charge on any atom is 0.338 e. The average Bonchev–Trinajstić information content (AvgIpc) is 2.41. The summed E-state index contributed by atoms with van der Waals surface area (Å²) in [5, 5.41) is 11.5. The third-order valence-electron chi connectivity index (χ3n) is 2.33. The minimum Gasteiger partial charge on any atom is -0.481 e. The summed E-state index contributed by atoms with van der Waals surface area (Å²) in [6.07, 6.45) is 2.64. The molecule has 0 bridgehead atoms. The lowest BCUT2D eigenvalue weighted by Crippen LogP contribution is -2.05. The Morgan fingerprint density at radius 1 is 1.37 bits per heavy atom. The third-order valence-corrected chi connectivity index (χ3v) is 2.33. The van der Waals surface area contributed by atoms with Crippen LogP contribution >= 0.6 is 0 Å². The van der Waals surface area contributed by atoms with Crippen LogP contribution in [0.3, 0.4) is 0 Å². The highest BCUT2D eigenvalue weighted by Crippen LogP contribution is 2.20. The van der Waals surface area contributed by atoms with Gasteiger partial charge in [0.25, 0.3) is 0 Å². The Hall–Kier alpha value is -2.70. The standard InChI is InChI=1S/C12H10FN3O3/c1-19-9-3-2-7(6-15-9)16-11-10(13)8(12(17)18)4-5-14-11/h2-6H,1H3,(H,14,16)(H,17,18). The number of aromatic carboxylic acids is 1. The van der Waals surface area contributed by atoms with Gasteiger partial charge in [-0.3, -0.25) is 0 Å². The van der Waals surface area contributed by atoms with Gasteiger partial charge >= 0.3 is 5.97 Å². The van der Waals surface area contributed by atoms with E-state index < -0.39 is 17.3 Å². The Morgan fingerprint density at radius 2 is 2.16 bits per heavy atom. The summed E-state index contributed by atoms with van der Waals surface area (Å²) in [7, 11) is 1.48. The molecule has 0 aliphatic heterocycles. The number of hydrogen-bond donors (Lipinski definition) is 2. The topological polar surface area (TPSA) is 84.3 Å². The Labute approximate surface area is 107 Å². The van der Waals surface area contributed by atoms with E-state index in [-0.39, 0.29) is 5.82 Å². The number of carboxylic acids is 1. The molecule has 0 spiro atoms. The van der Waals surface area contributed by atoms with Crippen molar-refractivity contribution in [1.82, 2.24) is 9.97 Å². The predicted molar refractivity (Wildman–Crippen MR) is 65.2 cm³/mol. The SMILES string of the molecule is COc1ccc(Nc2nccc(C(=O)O)c2F)cn1. The smallest absolute Gasteiger partial charge is 0.338 e. The molecule has 0 saturated carbocycles. The van der Waals surface area contributed by atoms with E-state index in [1.54, 1.807) is 12.1 Å². The van der Waals surface area contributed by atoms with E-state index in [9.17, 15) is 9.18 Å². The predicted octanol–water partition coefficient (Wildman–Crippen LogP) is 2.07. The molecule has 6 nitrogen and oxygen atoms in total. The molecule has 19 heavy (non-hydrogen) atoms. The van der Waals surface area contributed by atoms with Gasteiger partial charge in [-0.05, 0) is 12.1 Å². The third kappa shape index (κ3) is 2.76. The van der Waals surface area contributed by atoms with E-state index in [2.05, 4.69) is 15.3 Å². The lowest BCUT2D eigenvalue weighted by atomic mass is 10.2. The van der Waals surface area contributed by atoms with Gasteiger partial charge < -0.3 is 15.2 Å². The van der Waals surface area contributed by atoms with Crippen molar-refractivity contribution in [3.63, 3.8) is 0 Å². The average molecular weight is 263 g/mol. The first-order valence-electron chi connectivity index (χ1n) is 5.26. The minimum atomic E-state index is -1.35. The second-order valence-corrected chi connectivity index (χ2v) is 3.54. The van der Waals surface area contributed by atoms with Crippen molar-refractivity contribution in [2.45, 2.75) is 0 Å². The van der Waals surface area contributed by atoms with Crippen LogP contribution in [0.25, 0.3) is 0 Å². The highest BCUT2D eigenvalue weighted by molar-refractivity contribution is 5.89. The lowest BCUT2D eigenvalue weighted by molar-refractivity contribution is 0.0692. The van der Waals surface area contributed by atoms with Crippen LogP contribution in [0.4, 0.5) is 15.9 Å². The molecule has 2 aromatic rings. The highest BCUT2D eigenvalue weighted by atomic mass is 19.1. The van der Waals surface area contributed by atoms with Crippen LogP contribution in [0.15, 0.2) is 30.6 Å². The molecule has 0 fully saturated rings. The summed E-state index contributed by atoms with van der Waals surface area (Å²) in [4.78, 5) is 18.5. The molecular weight excluding hydrogens is 253 g/mol. The van der Waals surface area contributed by atoms with Crippen LogP contribution in [0.2, 0.25) is 0 Å². The van der Waals surface area contributed by atoms with Crippen LogP contribution in [-0.4, -0.2) is 28.2 Å². The number of carbonyl (C=O) groups is 1. The van der Waals surface area contributed by atoms with Gasteiger partial charge in [0.2, 0.25) is 5.88 Å². The maximum atomic E-state index is 13.8. The summed E-state index contributed by atoms with van der Waals surface area (Å²) >= 11 is 0. The van der Waals surface area contributed by atoms with Crippen molar-refractivity contribution < 1.29 is 19.0 Å². The molecule has 2 heterocycles. The fraction of sp³-hybridized carbons (Fsp3) is 0.0833. The van der Waals surface area contributed by atoms with Gasteiger partial charge in [0.15, 0.2) is 11.6 Å². The Balaban J connectivity index is 2.27. The summed E-state index contributed by atoms with van der Waals surface area (Å²) in [6.45, 7) is 0. The van der Waals surface area contributed by atoms with E-state index in [0.717, 1.165) is 6.07 Å². The molecule has 0 unspecified atom stereocenters. The molecular formula is C12H10FN3O3. The van der Waals surface area contributed by atoms with Gasteiger partial charge in [-0.25, -0.2) is 19.2 Å². The largest absolute Gasteiger partial charge is 0.481 e. The maximum absolute atomic E-state index is 13.8. The molecule has 2 N–H and O–H groups in total. The number of pyridine rings is 2. The fourth-order valence-corrected chi connectivity index (χ4v) is 1.41. The molecule has 2 rings (SSSR count). The van der Waals surface area contributed by atoms with Gasteiger partial charge in [-0.2, -0.15) is 0 Å². The van der Waals surface area contributed by atoms with Crippen LogP contribution in [0.5, 0.6) is 5.88 Å². The van der Waals surface area contributed by atoms with Crippen LogP contribution in [-0.2, 0) is 0 Å². The molecule has 0 aromatic carbocycles. The quantitative estimate of drug-likeness (QED) is 0.878. The summed E-state index contributed by atoms with van der Waals surface area (Å²) in [6, 6.07) is 4.29. The molecule has 0 amide bonds. The zero-order valence-corrected chi connectivity index (χ0v) is 9.92. The zero-order chi connectivity index (χ0) is 13.8. The molecule has 0 aliphatic rings. The number of rotatable bonds is 4. The number of anilines is 2. The second kappa shape index (κ2) is 5.30. The number of ether oxygens (including phenoxy) is 1. The van der Waals surface area contributed by atoms with Gasteiger partial charge in [-0.1, -0.05) is 0 Å². The first-order valence-corrected chi connectivity index (χ1v) is 5.26. The van der Waals surface area contributed by atoms with Gasteiger partial charge in [0, 0.05) is 12.3 Å².